The van der Waals surface area contributed by atoms with Gasteiger partial charge in [0.2, 0.25) is 0 Å². The van der Waals surface area contributed by atoms with Crippen molar-refractivity contribution >= 4 is 23.1 Å². The van der Waals surface area contributed by atoms with Gasteiger partial charge in [0, 0.05) is 48.3 Å². The third-order valence-electron chi connectivity index (χ3n) is 6.43. The summed E-state index contributed by atoms with van der Waals surface area (Å²) in [5.41, 5.74) is -1.30. The molecule has 4 atom stereocenters. The van der Waals surface area contributed by atoms with Gasteiger partial charge in [0.1, 0.15) is 23.1 Å². The van der Waals surface area contributed by atoms with Gasteiger partial charge in [-0.15, -0.1) is 0 Å². The van der Waals surface area contributed by atoms with Gasteiger partial charge in [0.25, 0.3) is 0 Å². The lowest BCUT2D eigenvalue weighted by atomic mass is 9.70. The fourth-order valence-electron chi connectivity index (χ4n) is 4.25. The molecule has 0 saturated heterocycles. The summed E-state index contributed by atoms with van der Waals surface area (Å²) >= 11 is 0. The summed E-state index contributed by atoms with van der Waals surface area (Å²) < 4.78 is 0. The number of hydrogen-bond donors (Lipinski definition) is 0. The summed E-state index contributed by atoms with van der Waals surface area (Å²) in [7, 11) is 0. The van der Waals surface area contributed by atoms with Crippen molar-refractivity contribution < 1.29 is 19.2 Å². The number of ketones is 4. The van der Waals surface area contributed by atoms with E-state index in [0.29, 0.717) is 0 Å². The number of carbonyl (C=O) groups excluding carboxylic acids is 4. The van der Waals surface area contributed by atoms with Gasteiger partial charge in [0.05, 0.1) is 0 Å². The van der Waals surface area contributed by atoms with Crippen LogP contribution in [0.15, 0.2) is 0 Å². The van der Waals surface area contributed by atoms with Crippen molar-refractivity contribution in [2.75, 3.05) is 0 Å². The number of rotatable bonds is 1. The van der Waals surface area contributed by atoms with Crippen molar-refractivity contribution in [1.29, 1.82) is 0 Å². The van der Waals surface area contributed by atoms with Gasteiger partial charge >= 0.3 is 0 Å². The van der Waals surface area contributed by atoms with Crippen molar-refractivity contribution in [3.05, 3.63) is 0 Å². The van der Waals surface area contributed by atoms with Gasteiger partial charge in [-0.2, -0.15) is 0 Å². The van der Waals surface area contributed by atoms with E-state index in [1.165, 1.54) is 0 Å². The van der Waals surface area contributed by atoms with Crippen LogP contribution in [-0.4, -0.2) is 23.1 Å². The summed E-state index contributed by atoms with van der Waals surface area (Å²) in [6, 6.07) is 0. The molecule has 4 unspecified atom stereocenters. The van der Waals surface area contributed by atoms with Crippen molar-refractivity contribution in [2.45, 2.75) is 67.2 Å². The predicted octanol–water partition coefficient (Wildman–Crippen LogP) is 3.41. The van der Waals surface area contributed by atoms with Gasteiger partial charge in [0.15, 0.2) is 0 Å². The minimum atomic E-state index is -0.651. The normalized spacial score (nSPS) is 37.1. The van der Waals surface area contributed by atoms with Crippen LogP contribution in [0, 0.1) is 34.5 Å². The minimum Gasteiger partial charge on any atom is -0.299 e. The standard InChI is InChI=1S/C20H30O4/c1-11-13(7-17(23)19(3,4)9-15(11)21)14-8-18(24)20(5,6)10-16(22)12(14)2/h11-14H,7-10H2,1-6H3. The fourth-order valence-corrected chi connectivity index (χ4v) is 4.25. The molecule has 2 rings (SSSR count). The van der Waals surface area contributed by atoms with Crippen molar-refractivity contribution in [2.24, 2.45) is 34.5 Å². The number of hydrogen-bond acceptors (Lipinski definition) is 4. The predicted molar refractivity (Wildman–Crippen MR) is 91.4 cm³/mol. The van der Waals surface area contributed by atoms with Crippen LogP contribution in [0.5, 0.6) is 0 Å². The van der Waals surface area contributed by atoms with E-state index in [1.54, 1.807) is 0 Å². The molecule has 0 amide bonds. The maximum absolute atomic E-state index is 12.6. The molecule has 0 aromatic heterocycles. The molecule has 4 heteroatoms. The SMILES string of the molecule is CC1C(=O)CC(C)(C)C(=O)CC1C1CC(=O)C(C)(C)CC(=O)C1C. The molecule has 0 spiro atoms. The first-order valence-electron chi connectivity index (χ1n) is 8.99. The average Bonchev–Trinajstić information content (AvgIpc) is 2.57. The van der Waals surface area contributed by atoms with Crippen LogP contribution < -0.4 is 0 Å². The Kier molecular flexibility index (Phi) is 4.91. The molecular weight excluding hydrogens is 304 g/mol. The van der Waals surface area contributed by atoms with Crippen LogP contribution in [0.4, 0.5) is 0 Å². The highest BCUT2D eigenvalue weighted by Crippen LogP contribution is 2.45. The second-order valence-corrected chi connectivity index (χ2v) is 9.21. The molecule has 0 N–H and O–H groups in total. The van der Waals surface area contributed by atoms with Crippen LogP contribution in [0.3, 0.4) is 0 Å². The quantitative estimate of drug-likeness (QED) is 0.689. The molecule has 4 nitrogen and oxygen atoms in total. The first-order chi connectivity index (χ1) is 10.9. The van der Waals surface area contributed by atoms with Crippen LogP contribution in [0.2, 0.25) is 0 Å². The molecule has 2 fully saturated rings. The molecule has 2 aliphatic carbocycles. The second-order valence-electron chi connectivity index (χ2n) is 9.21. The Morgan fingerprint density at radius 2 is 0.958 bits per heavy atom. The third-order valence-corrected chi connectivity index (χ3v) is 6.43. The third kappa shape index (κ3) is 3.38. The van der Waals surface area contributed by atoms with Gasteiger partial charge < -0.3 is 0 Å². The lowest BCUT2D eigenvalue weighted by Gasteiger charge is -2.32. The van der Waals surface area contributed by atoms with Crippen molar-refractivity contribution in [1.82, 2.24) is 0 Å². The zero-order chi connectivity index (χ0) is 18.4. The van der Waals surface area contributed by atoms with E-state index in [4.69, 9.17) is 0 Å². The maximum Gasteiger partial charge on any atom is 0.139 e. The van der Waals surface area contributed by atoms with Gasteiger partial charge in [-0.05, 0) is 11.8 Å². The van der Waals surface area contributed by atoms with Crippen molar-refractivity contribution in [3.63, 3.8) is 0 Å². The summed E-state index contributed by atoms with van der Waals surface area (Å²) in [4.78, 5) is 50.5. The summed E-state index contributed by atoms with van der Waals surface area (Å²) in [5, 5.41) is 0. The van der Waals surface area contributed by atoms with Gasteiger partial charge in [-0.3, -0.25) is 19.2 Å². The van der Waals surface area contributed by atoms with E-state index in [9.17, 15) is 19.2 Å². The zero-order valence-electron chi connectivity index (χ0n) is 15.8. The first kappa shape index (κ1) is 19.0. The molecule has 0 heterocycles. The van der Waals surface area contributed by atoms with Crippen LogP contribution in [-0.2, 0) is 19.2 Å². The molecule has 2 aliphatic rings. The summed E-state index contributed by atoms with van der Waals surface area (Å²) in [6.45, 7) is 11.0. The molecule has 0 radical (unpaired) electrons. The first-order valence-corrected chi connectivity index (χ1v) is 8.99. The molecule has 0 aromatic rings. The van der Waals surface area contributed by atoms with Crippen LogP contribution >= 0.6 is 0 Å². The molecule has 2 saturated carbocycles. The van der Waals surface area contributed by atoms with E-state index in [1.807, 2.05) is 41.5 Å². The minimum absolute atomic E-state index is 0.0702. The van der Waals surface area contributed by atoms with E-state index in [-0.39, 0.29) is 72.5 Å². The maximum atomic E-state index is 12.6. The highest BCUT2D eigenvalue weighted by atomic mass is 16.1. The monoisotopic (exact) mass is 334 g/mol. The van der Waals surface area contributed by atoms with E-state index in [0.717, 1.165) is 0 Å². The smallest absolute Gasteiger partial charge is 0.139 e. The van der Waals surface area contributed by atoms with E-state index < -0.39 is 10.8 Å². The summed E-state index contributed by atoms with van der Waals surface area (Å²) in [6.07, 6.45) is 1.07. The molecule has 0 aromatic carbocycles. The molecule has 0 aliphatic heterocycles. The van der Waals surface area contributed by atoms with Crippen LogP contribution in [0.1, 0.15) is 67.2 Å². The Morgan fingerprint density at radius 1 is 0.667 bits per heavy atom. The molecule has 134 valence electrons. The Bertz CT molecular complexity index is 532. The fraction of sp³-hybridized carbons (Fsp3) is 0.800. The lowest BCUT2D eigenvalue weighted by Crippen LogP contribution is -2.34. The topological polar surface area (TPSA) is 68.3 Å². The van der Waals surface area contributed by atoms with Crippen molar-refractivity contribution in [3.8, 4) is 0 Å². The van der Waals surface area contributed by atoms with Crippen LogP contribution in [0.25, 0.3) is 0 Å². The van der Waals surface area contributed by atoms with E-state index in [2.05, 4.69) is 0 Å². The summed E-state index contributed by atoms with van der Waals surface area (Å²) in [5.74, 6) is -0.721. The van der Waals surface area contributed by atoms with Gasteiger partial charge in [-0.25, -0.2) is 0 Å². The Balaban J connectivity index is 2.40. The average molecular weight is 334 g/mol. The lowest BCUT2D eigenvalue weighted by molar-refractivity contribution is -0.131. The highest BCUT2D eigenvalue weighted by Gasteiger charge is 2.48. The molecule has 0 bridgehead atoms. The Hall–Kier alpha value is -1.32. The Morgan fingerprint density at radius 3 is 1.25 bits per heavy atom. The zero-order valence-corrected chi connectivity index (χ0v) is 15.8. The second kappa shape index (κ2) is 6.20. The molecule has 24 heavy (non-hydrogen) atoms. The number of Topliss-reactive ketones (excluding diaryl/α,β-unsaturated/α-hetero) is 4. The highest BCUT2D eigenvalue weighted by molar-refractivity contribution is 5.96. The Labute approximate surface area is 144 Å². The van der Waals surface area contributed by atoms with E-state index >= 15 is 0 Å². The number of carbonyl (C=O) groups is 4. The molecular formula is C20H30O4. The largest absolute Gasteiger partial charge is 0.299 e. The van der Waals surface area contributed by atoms with Gasteiger partial charge in [-0.1, -0.05) is 41.5 Å².